The number of carbonyl (C=O) groups is 2. The average molecular weight is 393 g/mol. The van der Waals surface area contributed by atoms with Crippen molar-refractivity contribution in [3.63, 3.8) is 0 Å². The molecule has 0 bridgehead atoms. The van der Waals surface area contributed by atoms with Crippen molar-refractivity contribution in [2.45, 2.75) is 102 Å². The lowest BCUT2D eigenvalue weighted by Gasteiger charge is -2.41. The van der Waals surface area contributed by atoms with E-state index in [1.807, 2.05) is 0 Å². The first kappa shape index (κ1) is 20.2. The summed E-state index contributed by atoms with van der Waals surface area (Å²) in [5, 5.41) is 0. The van der Waals surface area contributed by atoms with Crippen LogP contribution in [0, 0.1) is 23.7 Å². The Balaban J connectivity index is 1.36. The summed E-state index contributed by atoms with van der Waals surface area (Å²) in [5.41, 5.74) is 0. The van der Waals surface area contributed by atoms with Gasteiger partial charge in [-0.3, -0.25) is 9.59 Å². The highest BCUT2D eigenvalue weighted by Gasteiger charge is 2.42. The van der Waals surface area contributed by atoms with Gasteiger partial charge in [0.2, 0.25) is 6.29 Å². The van der Waals surface area contributed by atoms with Crippen molar-refractivity contribution >= 4 is 11.9 Å². The van der Waals surface area contributed by atoms with E-state index in [1.54, 1.807) is 0 Å². The SMILES string of the molecule is O=C(OC1CCCCO1)C1CCCCC1C(=O)OC1CCCC2CCCCC21. The van der Waals surface area contributed by atoms with Gasteiger partial charge >= 0.3 is 11.9 Å². The molecule has 28 heavy (non-hydrogen) atoms. The van der Waals surface area contributed by atoms with Gasteiger partial charge in [-0.2, -0.15) is 0 Å². The molecule has 5 nitrogen and oxygen atoms in total. The van der Waals surface area contributed by atoms with Crippen molar-refractivity contribution in [3.05, 3.63) is 0 Å². The van der Waals surface area contributed by atoms with Crippen molar-refractivity contribution in [2.75, 3.05) is 6.61 Å². The first-order valence-corrected chi connectivity index (χ1v) is 11.7. The van der Waals surface area contributed by atoms with Crippen LogP contribution in [0.3, 0.4) is 0 Å². The van der Waals surface area contributed by atoms with Gasteiger partial charge in [0.05, 0.1) is 18.4 Å². The van der Waals surface area contributed by atoms with Gasteiger partial charge in [0.25, 0.3) is 0 Å². The monoisotopic (exact) mass is 392 g/mol. The fourth-order valence-electron chi connectivity index (χ4n) is 5.98. The minimum atomic E-state index is -0.429. The van der Waals surface area contributed by atoms with Gasteiger partial charge in [-0.15, -0.1) is 0 Å². The molecule has 3 aliphatic carbocycles. The van der Waals surface area contributed by atoms with Gasteiger partial charge in [-0.05, 0) is 63.2 Å². The summed E-state index contributed by atoms with van der Waals surface area (Å²) in [4.78, 5) is 25.9. The Hall–Kier alpha value is -1.10. The van der Waals surface area contributed by atoms with Crippen LogP contribution in [-0.4, -0.2) is 30.9 Å². The maximum atomic E-state index is 13.1. The highest BCUT2D eigenvalue weighted by Crippen LogP contribution is 2.42. The topological polar surface area (TPSA) is 61.8 Å². The normalized spacial score (nSPS) is 38.9. The predicted molar refractivity (Wildman–Crippen MR) is 104 cm³/mol. The van der Waals surface area contributed by atoms with Gasteiger partial charge in [0.1, 0.15) is 6.10 Å². The lowest BCUT2D eigenvalue weighted by Crippen LogP contribution is -2.42. The number of fused-ring (bicyclic) bond motifs is 1. The van der Waals surface area contributed by atoms with Crippen LogP contribution < -0.4 is 0 Å². The summed E-state index contributed by atoms with van der Waals surface area (Å²) in [6, 6.07) is 0. The molecule has 158 valence electrons. The molecule has 0 aromatic carbocycles. The zero-order chi connectivity index (χ0) is 19.3. The van der Waals surface area contributed by atoms with Crippen LogP contribution in [0.2, 0.25) is 0 Å². The van der Waals surface area contributed by atoms with Gasteiger partial charge in [0, 0.05) is 6.42 Å². The molecule has 0 aromatic rings. The standard InChI is InChI=1S/C23H36O5/c24-22(27-20-13-7-9-16-8-1-2-10-17(16)20)18-11-3-4-12-19(18)23(25)28-21-14-5-6-15-26-21/h16-21H,1-15H2. The highest BCUT2D eigenvalue weighted by molar-refractivity contribution is 5.82. The zero-order valence-electron chi connectivity index (χ0n) is 17.1. The molecule has 4 fully saturated rings. The molecule has 0 aromatic heterocycles. The molecular weight excluding hydrogens is 356 g/mol. The van der Waals surface area contributed by atoms with Crippen LogP contribution in [0.5, 0.6) is 0 Å². The Morgan fingerprint density at radius 2 is 1.29 bits per heavy atom. The van der Waals surface area contributed by atoms with E-state index in [1.165, 1.54) is 32.1 Å². The zero-order valence-corrected chi connectivity index (χ0v) is 17.1. The highest BCUT2D eigenvalue weighted by atomic mass is 16.7. The number of hydrogen-bond acceptors (Lipinski definition) is 5. The fraction of sp³-hybridized carbons (Fsp3) is 0.913. The maximum Gasteiger partial charge on any atom is 0.312 e. The minimum absolute atomic E-state index is 0.0619. The molecule has 0 spiro atoms. The third-order valence-electron chi connectivity index (χ3n) is 7.53. The molecule has 0 N–H and O–H groups in total. The van der Waals surface area contributed by atoms with Gasteiger partial charge in [-0.1, -0.05) is 32.1 Å². The Morgan fingerprint density at radius 3 is 2.04 bits per heavy atom. The molecule has 4 rings (SSSR count). The third-order valence-corrected chi connectivity index (χ3v) is 7.53. The summed E-state index contributed by atoms with van der Waals surface area (Å²) in [6.45, 7) is 0.651. The van der Waals surface area contributed by atoms with Crippen molar-refractivity contribution in [1.82, 2.24) is 0 Å². The summed E-state index contributed by atoms with van der Waals surface area (Å²) < 4.78 is 17.3. The van der Waals surface area contributed by atoms with Crippen LogP contribution in [0.4, 0.5) is 0 Å². The fourth-order valence-corrected chi connectivity index (χ4v) is 5.98. The molecule has 0 amide bonds. The minimum Gasteiger partial charge on any atom is -0.462 e. The summed E-state index contributed by atoms with van der Waals surface area (Å²) in [6.07, 6.45) is 14.4. The van der Waals surface area contributed by atoms with Crippen molar-refractivity contribution in [3.8, 4) is 0 Å². The van der Waals surface area contributed by atoms with E-state index in [2.05, 4.69) is 0 Å². The second kappa shape index (κ2) is 9.60. The predicted octanol–water partition coefficient (Wildman–Crippen LogP) is 4.76. The number of rotatable bonds is 4. The van der Waals surface area contributed by atoms with Crippen LogP contribution >= 0.6 is 0 Å². The molecule has 6 unspecified atom stereocenters. The number of ether oxygens (including phenoxy) is 3. The van der Waals surface area contributed by atoms with Crippen molar-refractivity contribution in [1.29, 1.82) is 0 Å². The molecule has 6 atom stereocenters. The summed E-state index contributed by atoms with van der Waals surface area (Å²) in [5.74, 6) is 0.161. The Bertz CT molecular complexity index is 539. The quantitative estimate of drug-likeness (QED) is 0.645. The summed E-state index contributed by atoms with van der Waals surface area (Å²) in [7, 11) is 0. The first-order valence-electron chi connectivity index (χ1n) is 11.7. The van der Waals surface area contributed by atoms with E-state index < -0.39 is 6.29 Å². The van der Waals surface area contributed by atoms with Crippen molar-refractivity contribution in [2.24, 2.45) is 23.7 Å². The number of esters is 2. The molecular formula is C23H36O5. The molecule has 1 saturated heterocycles. The largest absolute Gasteiger partial charge is 0.462 e. The van der Waals surface area contributed by atoms with Gasteiger partial charge < -0.3 is 14.2 Å². The first-order chi connectivity index (χ1) is 13.7. The number of carbonyl (C=O) groups excluding carboxylic acids is 2. The molecule has 1 aliphatic heterocycles. The van der Waals surface area contributed by atoms with Gasteiger partial charge in [-0.25, -0.2) is 0 Å². The smallest absolute Gasteiger partial charge is 0.312 e. The van der Waals surface area contributed by atoms with E-state index in [9.17, 15) is 9.59 Å². The van der Waals surface area contributed by atoms with Gasteiger partial charge in [0.15, 0.2) is 0 Å². The number of hydrogen-bond donors (Lipinski definition) is 0. The van der Waals surface area contributed by atoms with E-state index in [0.29, 0.717) is 12.5 Å². The van der Waals surface area contributed by atoms with E-state index in [4.69, 9.17) is 14.2 Å². The third kappa shape index (κ3) is 4.72. The molecule has 0 radical (unpaired) electrons. The molecule has 1 heterocycles. The second-order valence-corrected chi connectivity index (χ2v) is 9.35. The van der Waals surface area contributed by atoms with Crippen molar-refractivity contribution < 1.29 is 23.8 Å². The van der Waals surface area contributed by atoms with Crippen LogP contribution in [0.25, 0.3) is 0 Å². The Labute approximate surface area is 168 Å². The maximum absolute atomic E-state index is 13.1. The van der Waals surface area contributed by atoms with Crippen LogP contribution in [0.1, 0.15) is 89.9 Å². The van der Waals surface area contributed by atoms with E-state index in [-0.39, 0.29) is 29.9 Å². The molecule has 5 heteroatoms. The lowest BCUT2D eigenvalue weighted by atomic mass is 9.69. The molecule has 3 saturated carbocycles. The molecule has 4 aliphatic rings. The second-order valence-electron chi connectivity index (χ2n) is 9.35. The van der Waals surface area contributed by atoms with Crippen LogP contribution in [-0.2, 0) is 23.8 Å². The Morgan fingerprint density at radius 1 is 0.643 bits per heavy atom. The van der Waals surface area contributed by atoms with E-state index >= 15 is 0 Å². The van der Waals surface area contributed by atoms with E-state index in [0.717, 1.165) is 63.7 Å². The summed E-state index contributed by atoms with van der Waals surface area (Å²) >= 11 is 0. The average Bonchev–Trinajstić information content (AvgIpc) is 2.74. The van der Waals surface area contributed by atoms with Crippen LogP contribution in [0.15, 0.2) is 0 Å². The Kier molecular flexibility index (Phi) is 6.92. The lowest BCUT2D eigenvalue weighted by molar-refractivity contribution is -0.197.